The van der Waals surface area contributed by atoms with E-state index in [1.807, 2.05) is 61.5 Å². The zero-order chi connectivity index (χ0) is 21.3. The Morgan fingerprint density at radius 2 is 1.73 bits per heavy atom. The smallest absolute Gasteiger partial charge is 0.242 e. The molecule has 1 aliphatic rings. The first-order valence-electron chi connectivity index (χ1n) is 10.9. The number of halogens is 1. The molecule has 2 aromatic rings. The molecule has 2 aromatic carbocycles. The molecule has 1 fully saturated rings. The van der Waals surface area contributed by atoms with Gasteiger partial charge in [-0.1, -0.05) is 73.3 Å². The Hall–Kier alpha value is -2.33. The van der Waals surface area contributed by atoms with Gasteiger partial charge < -0.3 is 10.2 Å². The maximum atomic E-state index is 13.2. The van der Waals surface area contributed by atoms with Gasteiger partial charge in [0.15, 0.2) is 0 Å². The van der Waals surface area contributed by atoms with Crippen LogP contribution < -0.4 is 5.32 Å². The first-order chi connectivity index (χ1) is 14.5. The molecule has 4 nitrogen and oxygen atoms in total. The Kier molecular flexibility index (Phi) is 8.32. The van der Waals surface area contributed by atoms with Crippen LogP contribution in [0, 0.1) is 0 Å². The lowest BCUT2D eigenvalue weighted by molar-refractivity contribution is -0.141. The van der Waals surface area contributed by atoms with E-state index < -0.39 is 6.04 Å². The normalized spacial score (nSPS) is 15.4. The highest BCUT2D eigenvalue weighted by molar-refractivity contribution is 6.30. The minimum absolute atomic E-state index is 0.0230. The predicted octanol–water partition coefficient (Wildman–Crippen LogP) is 5.14. The molecular weight excluding hydrogens is 396 g/mol. The van der Waals surface area contributed by atoms with Gasteiger partial charge in [-0.2, -0.15) is 0 Å². The highest BCUT2D eigenvalue weighted by atomic mass is 35.5. The van der Waals surface area contributed by atoms with Crippen molar-refractivity contribution < 1.29 is 9.59 Å². The van der Waals surface area contributed by atoms with Crippen LogP contribution in [-0.4, -0.2) is 28.8 Å². The second-order valence-corrected chi connectivity index (χ2v) is 8.59. The van der Waals surface area contributed by atoms with E-state index in [1.54, 1.807) is 4.90 Å². The third kappa shape index (κ3) is 6.60. The Morgan fingerprint density at radius 1 is 1.03 bits per heavy atom. The van der Waals surface area contributed by atoms with Crippen LogP contribution in [0.4, 0.5) is 0 Å². The van der Waals surface area contributed by atoms with E-state index in [2.05, 4.69) is 5.32 Å². The highest BCUT2D eigenvalue weighted by Crippen LogP contribution is 2.19. The van der Waals surface area contributed by atoms with Crippen LogP contribution in [0.15, 0.2) is 54.6 Å². The second kappa shape index (κ2) is 11.2. The lowest BCUT2D eigenvalue weighted by atomic mass is 9.95. The standard InChI is InChI=1S/C25H31ClN2O2/c1-19(25(30)27-23-13-6-3-7-14-23)28(18-21-11-8-12-22(26)17-21)24(29)16-15-20-9-4-2-5-10-20/h2,4-5,8-12,17,19,23H,3,6-7,13-16,18H2,1H3,(H,27,30)/t19-/m1/s1. The summed E-state index contributed by atoms with van der Waals surface area (Å²) in [5.74, 6) is -0.0953. The van der Waals surface area contributed by atoms with Crippen LogP contribution in [0.25, 0.3) is 0 Å². The fourth-order valence-corrected chi connectivity index (χ4v) is 4.24. The van der Waals surface area contributed by atoms with Gasteiger partial charge in [0, 0.05) is 24.0 Å². The summed E-state index contributed by atoms with van der Waals surface area (Å²) in [6, 6.07) is 17.1. The molecule has 160 valence electrons. The van der Waals surface area contributed by atoms with Crippen molar-refractivity contribution in [3.05, 3.63) is 70.7 Å². The van der Waals surface area contributed by atoms with Gasteiger partial charge in [-0.3, -0.25) is 9.59 Å². The van der Waals surface area contributed by atoms with Gasteiger partial charge in [0.05, 0.1) is 0 Å². The van der Waals surface area contributed by atoms with Gasteiger partial charge in [0.2, 0.25) is 11.8 Å². The van der Waals surface area contributed by atoms with Crippen molar-refractivity contribution in [2.75, 3.05) is 0 Å². The number of nitrogens with zero attached hydrogens (tertiary/aromatic N) is 1. The van der Waals surface area contributed by atoms with Gasteiger partial charge in [-0.05, 0) is 49.4 Å². The fraction of sp³-hybridized carbons (Fsp3) is 0.440. The van der Waals surface area contributed by atoms with Crippen LogP contribution in [-0.2, 0) is 22.6 Å². The van der Waals surface area contributed by atoms with Crippen LogP contribution in [0.1, 0.15) is 56.6 Å². The van der Waals surface area contributed by atoms with Crippen LogP contribution >= 0.6 is 11.6 Å². The van der Waals surface area contributed by atoms with Crippen molar-refractivity contribution >= 4 is 23.4 Å². The largest absolute Gasteiger partial charge is 0.352 e. The number of rotatable bonds is 8. The molecule has 0 aliphatic heterocycles. The second-order valence-electron chi connectivity index (χ2n) is 8.16. The Balaban J connectivity index is 1.69. The van der Waals surface area contributed by atoms with E-state index in [0.29, 0.717) is 24.4 Å². The molecule has 0 aromatic heterocycles. The number of hydrogen-bond donors (Lipinski definition) is 1. The van der Waals surface area contributed by atoms with Crippen molar-refractivity contribution in [2.45, 2.75) is 70.5 Å². The van der Waals surface area contributed by atoms with Gasteiger partial charge in [0.1, 0.15) is 6.04 Å². The molecule has 0 unspecified atom stereocenters. The van der Waals surface area contributed by atoms with E-state index >= 15 is 0 Å². The van der Waals surface area contributed by atoms with Crippen LogP contribution in [0.5, 0.6) is 0 Å². The molecule has 3 rings (SSSR count). The molecule has 2 amide bonds. The van der Waals surface area contributed by atoms with Gasteiger partial charge in [-0.15, -0.1) is 0 Å². The summed E-state index contributed by atoms with van der Waals surface area (Å²) in [5.41, 5.74) is 2.04. The average molecular weight is 427 g/mol. The predicted molar refractivity (Wildman–Crippen MR) is 121 cm³/mol. The molecule has 30 heavy (non-hydrogen) atoms. The number of amides is 2. The van der Waals surface area contributed by atoms with E-state index in [9.17, 15) is 9.59 Å². The Morgan fingerprint density at radius 3 is 2.43 bits per heavy atom. The van der Waals surface area contributed by atoms with Crippen molar-refractivity contribution in [1.29, 1.82) is 0 Å². The summed E-state index contributed by atoms with van der Waals surface area (Å²) >= 11 is 6.14. The fourth-order valence-electron chi connectivity index (χ4n) is 4.02. The van der Waals surface area contributed by atoms with Crippen LogP contribution in [0.3, 0.4) is 0 Å². The first kappa shape index (κ1) is 22.4. The molecule has 0 saturated heterocycles. The van der Waals surface area contributed by atoms with Crippen LogP contribution in [0.2, 0.25) is 5.02 Å². The Bertz CT molecular complexity index is 834. The third-order valence-electron chi connectivity index (χ3n) is 5.83. The topological polar surface area (TPSA) is 49.4 Å². The SMILES string of the molecule is C[C@H](C(=O)NC1CCCCC1)N(Cc1cccc(Cl)c1)C(=O)CCc1ccccc1. The van der Waals surface area contributed by atoms with Crippen molar-refractivity contribution in [3.8, 4) is 0 Å². The van der Waals surface area contributed by atoms with Gasteiger partial charge in [-0.25, -0.2) is 0 Å². The highest BCUT2D eigenvalue weighted by Gasteiger charge is 2.27. The summed E-state index contributed by atoms with van der Waals surface area (Å²) in [5, 5.41) is 3.79. The quantitative estimate of drug-likeness (QED) is 0.635. The molecular formula is C25H31ClN2O2. The molecule has 1 saturated carbocycles. The summed E-state index contributed by atoms with van der Waals surface area (Å²) in [7, 11) is 0. The average Bonchev–Trinajstić information content (AvgIpc) is 2.77. The van der Waals surface area contributed by atoms with Gasteiger partial charge in [0.25, 0.3) is 0 Å². The molecule has 0 radical (unpaired) electrons. The molecule has 0 spiro atoms. The minimum Gasteiger partial charge on any atom is -0.352 e. The van der Waals surface area contributed by atoms with E-state index in [0.717, 1.165) is 36.8 Å². The first-order valence-corrected chi connectivity index (χ1v) is 11.3. The third-order valence-corrected chi connectivity index (χ3v) is 6.07. The molecule has 0 heterocycles. The summed E-state index contributed by atoms with van der Waals surface area (Å²) in [4.78, 5) is 27.8. The number of aryl methyl sites for hydroxylation is 1. The number of carbonyl (C=O) groups is 2. The number of benzene rings is 2. The van der Waals surface area contributed by atoms with Crippen molar-refractivity contribution in [2.24, 2.45) is 0 Å². The maximum absolute atomic E-state index is 13.2. The molecule has 0 bridgehead atoms. The van der Waals surface area contributed by atoms with Crippen molar-refractivity contribution in [1.82, 2.24) is 10.2 Å². The summed E-state index contributed by atoms with van der Waals surface area (Å²) < 4.78 is 0. The zero-order valence-electron chi connectivity index (χ0n) is 17.6. The lowest BCUT2D eigenvalue weighted by Gasteiger charge is -2.31. The Labute approximate surface area is 184 Å². The summed E-state index contributed by atoms with van der Waals surface area (Å²) in [6.07, 6.45) is 6.61. The molecule has 1 aliphatic carbocycles. The molecule has 5 heteroatoms. The van der Waals surface area contributed by atoms with Crippen molar-refractivity contribution in [3.63, 3.8) is 0 Å². The summed E-state index contributed by atoms with van der Waals surface area (Å²) in [6.45, 7) is 2.19. The number of carbonyl (C=O) groups excluding carboxylic acids is 2. The molecule has 1 atom stereocenters. The van der Waals surface area contributed by atoms with E-state index in [1.165, 1.54) is 6.42 Å². The van der Waals surface area contributed by atoms with Gasteiger partial charge >= 0.3 is 0 Å². The monoisotopic (exact) mass is 426 g/mol. The maximum Gasteiger partial charge on any atom is 0.242 e. The number of nitrogens with one attached hydrogen (secondary N) is 1. The minimum atomic E-state index is -0.533. The zero-order valence-corrected chi connectivity index (χ0v) is 18.4. The number of hydrogen-bond acceptors (Lipinski definition) is 2. The van der Waals surface area contributed by atoms with E-state index in [4.69, 9.17) is 11.6 Å². The van der Waals surface area contributed by atoms with E-state index in [-0.39, 0.29) is 17.9 Å². The lowest BCUT2D eigenvalue weighted by Crippen LogP contribution is -2.50. The molecule has 1 N–H and O–H groups in total.